The number of aliphatic hydroxyl groups is 1. The van der Waals surface area contributed by atoms with Gasteiger partial charge in [-0.25, -0.2) is 9.48 Å². The fourth-order valence-electron chi connectivity index (χ4n) is 6.12. The van der Waals surface area contributed by atoms with E-state index < -0.39 is 24.5 Å². The molecule has 3 fully saturated rings. The van der Waals surface area contributed by atoms with Gasteiger partial charge in [0.2, 0.25) is 0 Å². The number of hydrogen-bond acceptors (Lipinski definition) is 9. The van der Waals surface area contributed by atoms with Crippen molar-refractivity contribution >= 4 is 29.6 Å². The molecule has 15 heteroatoms. The molecule has 4 heterocycles. The molecule has 1 aromatic carbocycles. The molecule has 2 aliphatic heterocycles. The van der Waals surface area contributed by atoms with Crippen LogP contribution in [0.25, 0.3) is 11.1 Å². The third-order valence-electron chi connectivity index (χ3n) is 8.76. The number of ether oxygens (including phenoxy) is 3. The number of aliphatic hydroxyl groups excluding tert-OH is 1. The Morgan fingerprint density at radius 1 is 1.13 bits per heavy atom. The zero-order valence-electron chi connectivity index (χ0n) is 25.3. The number of benzene rings is 1. The van der Waals surface area contributed by atoms with Crippen molar-refractivity contribution in [2.24, 2.45) is 5.92 Å². The number of aromatic nitrogens is 3. The molecular weight excluding hydrogens is 640 g/mol. The summed E-state index contributed by atoms with van der Waals surface area (Å²) in [5.41, 5.74) is 1.37. The molecule has 47 heavy (non-hydrogen) atoms. The average molecular weight is 674 g/mol. The van der Waals surface area contributed by atoms with E-state index in [9.17, 15) is 28.3 Å². The van der Waals surface area contributed by atoms with E-state index in [-0.39, 0.29) is 55.5 Å². The minimum atomic E-state index is -2.85. The lowest BCUT2D eigenvalue weighted by molar-refractivity contribution is -0.154. The van der Waals surface area contributed by atoms with Gasteiger partial charge in [0, 0.05) is 60.5 Å². The number of cyclic esters (lactones) is 1. The van der Waals surface area contributed by atoms with E-state index in [1.54, 1.807) is 29.2 Å². The van der Waals surface area contributed by atoms with E-state index in [1.807, 2.05) is 0 Å². The number of nitrogens with zero attached hydrogens (tertiary/aromatic N) is 5. The van der Waals surface area contributed by atoms with Gasteiger partial charge in [-0.3, -0.25) is 19.5 Å². The Morgan fingerprint density at radius 2 is 1.89 bits per heavy atom. The first kappa shape index (κ1) is 32.6. The number of carbonyl (C=O) groups excluding carboxylic acids is 3. The highest BCUT2D eigenvalue weighted by Gasteiger charge is 2.39. The van der Waals surface area contributed by atoms with Crippen LogP contribution in [-0.4, -0.2) is 85.8 Å². The van der Waals surface area contributed by atoms with Crippen LogP contribution in [-0.2, 0) is 20.8 Å². The van der Waals surface area contributed by atoms with Crippen molar-refractivity contribution in [1.82, 2.24) is 24.6 Å². The summed E-state index contributed by atoms with van der Waals surface area (Å²) in [4.78, 5) is 46.3. The molecule has 2 atom stereocenters. The molecule has 0 unspecified atom stereocenters. The largest absolute Gasteiger partial charge is 0.489 e. The lowest BCUT2D eigenvalue weighted by Crippen LogP contribution is -2.44. The second-order valence-corrected chi connectivity index (χ2v) is 12.4. The number of carbonyl (C=O) groups is 3. The first-order valence-corrected chi connectivity index (χ1v) is 15.8. The van der Waals surface area contributed by atoms with E-state index in [0.29, 0.717) is 65.9 Å². The van der Waals surface area contributed by atoms with E-state index >= 15 is 0 Å². The highest BCUT2D eigenvalue weighted by molar-refractivity contribution is 6.30. The van der Waals surface area contributed by atoms with Crippen molar-refractivity contribution in [2.75, 3.05) is 19.9 Å². The number of amides is 2. The van der Waals surface area contributed by atoms with Crippen molar-refractivity contribution in [3.05, 3.63) is 65.2 Å². The van der Waals surface area contributed by atoms with E-state index in [1.165, 1.54) is 29.6 Å². The van der Waals surface area contributed by atoms with Crippen molar-refractivity contribution in [2.45, 2.75) is 69.9 Å². The summed E-state index contributed by atoms with van der Waals surface area (Å²) in [6, 6.07) is 8.16. The SMILES string of the molecule is O=C(OCN(Cc1ccc(Cl)cc1)C(=O)c1cc(O[C@H]2CCN3C(=O)OC[C@@H]3C2)c(-c2cnn(C(F)F)c2)cn1)C1CCC(O)CC1. The third-order valence-corrected chi connectivity index (χ3v) is 9.01. The van der Waals surface area contributed by atoms with Gasteiger partial charge in [-0.1, -0.05) is 23.7 Å². The normalized spacial score (nSPS) is 22.5. The molecule has 6 rings (SSSR count). The third kappa shape index (κ3) is 7.65. The summed E-state index contributed by atoms with van der Waals surface area (Å²) in [7, 11) is 0. The van der Waals surface area contributed by atoms with E-state index in [2.05, 4.69) is 10.1 Å². The molecule has 1 aliphatic carbocycles. The number of pyridine rings is 1. The molecule has 2 saturated heterocycles. The van der Waals surface area contributed by atoms with Gasteiger partial charge in [0.05, 0.1) is 24.3 Å². The van der Waals surface area contributed by atoms with Crippen LogP contribution in [0.2, 0.25) is 5.02 Å². The fourth-order valence-corrected chi connectivity index (χ4v) is 6.25. The quantitative estimate of drug-likeness (QED) is 0.232. The zero-order valence-corrected chi connectivity index (χ0v) is 26.1. The van der Waals surface area contributed by atoms with Gasteiger partial charge >= 0.3 is 18.6 Å². The van der Waals surface area contributed by atoms with Crippen LogP contribution < -0.4 is 4.74 Å². The number of fused-ring (bicyclic) bond motifs is 1. The Kier molecular flexibility index (Phi) is 9.87. The van der Waals surface area contributed by atoms with Gasteiger partial charge in [0.15, 0.2) is 6.73 Å². The first-order valence-electron chi connectivity index (χ1n) is 15.5. The van der Waals surface area contributed by atoms with Crippen molar-refractivity contribution in [1.29, 1.82) is 0 Å². The molecule has 0 spiro atoms. The van der Waals surface area contributed by atoms with Crippen LogP contribution in [0.5, 0.6) is 5.75 Å². The van der Waals surface area contributed by atoms with Crippen LogP contribution >= 0.6 is 11.6 Å². The minimum absolute atomic E-state index is 0.0207. The maximum absolute atomic E-state index is 14.0. The van der Waals surface area contributed by atoms with Crippen LogP contribution in [0.4, 0.5) is 13.6 Å². The van der Waals surface area contributed by atoms with Crippen LogP contribution in [0.15, 0.2) is 48.9 Å². The predicted molar refractivity (Wildman–Crippen MR) is 162 cm³/mol. The Balaban J connectivity index is 1.26. The first-order chi connectivity index (χ1) is 22.6. The average Bonchev–Trinajstić information content (AvgIpc) is 3.71. The van der Waals surface area contributed by atoms with E-state index in [0.717, 1.165) is 5.56 Å². The van der Waals surface area contributed by atoms with Crippen molar-refractivity contribution in [3.8, 4) is 16.9 Å². The maximum atomic E-state index is 14.0. The van der Waals surface area contributed by atoms with Gasteiger partial charge in [0.1, 0.15) is 24.2 Å². The molecule has 2 amide bonds. The van der Waals surface area contributed by atoms with Gasteiger partial charge < -0.3 is 24.2 Å². The standard InChI is InChI=1S/C32H34ClF2N5O7/c33-22-5-1-19(2-6-22)15-38(18-46-30(43)20-3-7-24(41)8-4-20)29(42)27-12-28(26(14-36-27)21-13-37-40(16-21)31(34)35)47-25-9-10-39-23(11-25)17-45-32(39)44/h1-2,5-6,12-14,16,20,23-25,31,41H,3-4,7-11,15,17-18H2/t20?,23-,24?,25-/m0/s1. The summed E-state index contributed by atoms with van der Waals surface area (Å²) in [5.74, 6) is -1.15. The number of esters is 1. The molecule has 0 radical (unpaired) electrons. The smallest absolute Gasteiger partial charge is 0.410 e. The summed E-state index contributed by atoms with van der Waals surface area (Å²) in [6.07, 6.45) is 5.61. The highest BCUT2D eigenvalue weighted by atomic mass is 35.5. The lowest BCUT2D eigenvalue weighted by atomic mass is 9.88. The molecule has 250 valence electrons. The summed E-state index contributed by atoms with van der Waals surface area (Å²) < 4.78 is 44.4. The molecule has 1 saturated carbocycles. The molecule has 1 N–H and O–H groups in total. The maximum Gasteiger partial charge on any atom is 0.410 e. The van der Waals surface area contributed by atoms with Gasteiger partial charge in [-0.15, -0.1) is 0 Å². The van der Waals surface area contributed by atoms with Crippen molar-refractivity contribution < 1.29 is 42.5 Å². The summed E-state index contributed by atoms with van der Waals surface area (Å²) in [5, 5.41) is 14.1. The second kappa shape index (κ2) is 14.2. The molecule has 3 aliphatic rings. The molecule has 12 nitrogen and oxygen atoms in total. The Bertz CT molecular complexity index is 1600. The molecule has 2 aromatic heterocycles. The fraction of sp³-hybridized carbons (Fsp3) is 0.469. The highest BCUT2D eigenvalue weighted by Crippen LogP contribution is 2.35. The Labute approximate surface area is 274 Å². The number of alkyl halides is 2. The molecule has 0 bridgehead atoms. The van der Waals surface area contributed by atoms with Gasteiger partial charge in [-0.05, 0) is 43.4 Å². The minimum Gasteiger partial charge on any atom is -0.489 e. The van der Waals surface area contributed by atoms with Crippen molar-refractivity contribution in [3.63, 3.8) is 0 Å². The predicted octanol–water partition coefficient (Wildman–Crippen LogP) is 5.05. The lowest BCUT2D eigenvalue weighted by Gasteiger charge is -2.33. The number of hydrogen-bond donors (Lipinski definition) is 1. The second-order valence-electron chi connectivity index (χ2n) is 12.0. The topological polar surface area (TPSA) is 136 Å². The number of halogens is 3. The zero-order chi connectivity index (χ0) is 33.1. The molecule has 3 aromatic rings. The number of piperidine rings is 1. The Morgan fingerprint density at radius 3 is 2.62 bits per heavy atom. The van der Waals surface area contributed by atoms with Gasteiger partial charge in [-0.2, -0.15) is 13.9 Å². The van der Waals surface area contributed by atoms with Crippen LogP contribution in [0.3, 0.4) is 0 Å². The number of rotatable bonds is 10. The van der Waals surface area contributed by atoms with E-state index in [4.69, 9.17) is 25.8 Å². The monoisotopic (exact) mass is 673 g/mol. The Hall–Kier alpha value is -4.30. The summed E-state index contributed by atoms with van der Waals surface area (Å²) >= 11 is 6.06. The summed E-state index contributed by atoms with van der Waals surface area (Å²) in [6.45, 7) is -2.47. The molecular formula is C32H34ClF2N5O7. The van der Waals surface area contributed by atoms with Gasteiger partial charge in [0.25, 0.3) is 5.91 Å². The van der Waals surface area contributed by atoms with Crippen LogP contribution in [0.1, 0.15) is 61.1 Å². The van der Waals surface area contributed by atoms with Crippen LogP contribution in [0, 0.1) is 5.92 Å².